The molecule has 0 radical (unpaired) electrons. The first-order valence-electron chi connectivity index (χ1n) is 6.91. The predicted octanol–water partition coefficient (Wildman–Crippen LogP) is 3.45. The number of fused-ring (bicyclic) bond motifs is 1. The smallest absolute Gasteiger partial charge is 0.219 e. The number of ether oxygens (including phenoxy) is 1. The Kier molecular flexibility index (Phi) is 3.79. The van der Waals surface area contributed by atoms with E-state index in [0.29, 0.717) is 12.4 Å². The number of hydrogen-bond acceptors (Lipinski definition) is 4. The summed E-state index contributed by atoms with van der Waals surface area (Å²) in [5.74, 6) is 1.31. The fourth-order valence-electron chi connectivity index (χ4n) is 2.21. The third-order valence-corrected chi connectivity index (χ3v) is 3.18. The van der Waals surface area contributed by atoms with Crippen molar-refractivity contribution in [2.24, 2.45) is 0 Å². The number of nitrogens with one attached hydrogen (secondary N) is 1. The van der Waals surface area contributed by atoms with Gasteiger partial charge < -0.3 is 10.1 Å². The van der Waals surface area contributed by atoms with Crippen LogP contribution in [0.2, 0.25) is 0 Å². The first kappa shape index (κ1) is 13.5. The van der Waals surface area contributed by atoms with Gasteiger partial charge in [0.05, 0.1) is 5.69 Å². The molecule has 21 heavy (non-hydrogen) atoms. The van der Waals surface area contributed by atoms with Crippen LogP contribution in [-0.2, 0) is 6.54 Å². The number of hydrogen-bond donors (Lipinski definition) is 1. The Labute approximate surface area is 123 Å². The van der Waals surface area contributed by atoms with Crippen molar-refractivity contribution in [2.75, 3.05) is 7.05 Å². The largest absolute Gasteiger partial charge is 0.437 e. The second-order valence-electron chi connectivity index (χ2n) is 4.88. The molecule has 0 aliphatic heterocycles. The summed E-state index contributed by atoms with van der Waals surface area (Å²) in [6, 6.07) is 15.7. The van der Waals surface area contributed by atoms with Crippen LogP contribution in [0.15, 0.2) is 48.5 Å². The summed E-state index contributed by atoms with van der Waals surface area (Å²) >= 11 is 0. The van der Waals surface area contributed by atoms with E-state index >= 15 is 0 Å². The van der Waals surface area contributed by atoms with Gasteiger partial charge in [-0.15, -0.1) is 0 Å². The van der Waals surface area contributed by atoms with Gasteiger partial charge in [0.1, 0.15) is 5.52 Å². The van der Waals surface area contributed by atoms with E-state index in [1.165, 1.54) is 0 Å². The molecule has 4 nitrogen and oxygen atoms in total. The lowest BCUT2D eigenvalue weighted by Gasteiger charge is -2.09. The van der Waals surface area contributed by atoms with Gasteiger partial charge in [-0.1, -0.05) is 24.3 Å². The monoisotopic (exact) mass is 279 g/mol. The molecule has 0 fully saturated rings. The molecule has 0 bridgehead atoms. The van der Waals surface area contributed by atoms with Crippen LogP contribution in [-0.4, -0.2) is 17.0 Å². The Bertz CT molecular complexity index is 771. The van der Waals surface area contributed by atoms with Crippen LogP contribution < -0.4 is 10.1 Å². The second kappa shape index (κ2) is 5.89. The van der Waals surface area contributed by atoms with Crippen molar-refractivity contribution in [3.8, 4) is 11.6 Å². The van der Waals surface area contributed by atoms with E-state index in [0.717, 1.165) is 28.0 Å². The van der Waals surface area contributed by atoms with Crippen molar-refractivity contribution in [1.29, 1.82) is 0 Å². The number of rotatable bonds is 4. The van der Waals surface area contributed by atoms with Crippen molar-refractivity contribution in [2.45, 2.75) is 13.5 Å². The zero-order chi connectivity index (χ0) is 14.7. The molecule has 0 saturated carbocycles. The van der Waals surface area contributed by atoms with Crippen molar-refractivity contribution in [1.82, 2.24) is 15.3 Å². The van der Waals surface area contributed by atoms with E-state index in [9.17, 15) is 0 Å². The second-order valence-corrected chi connectivity index (χ2v) is 4.88. The first-order valence-corrected chi connectivity index (χ1v) is 6.91. The van der Waals surface area contributed by atoms with Gasteiger partial charge in [-0.25, -0.2) is 9.97 Å². The summed E-state index contributed by atoms with van der Waals surface area (Å²) < 4.78 is 5.93. The summed E-state index contributed by atoms with van der Waals surface area (Å²) in [4.78, 5) is 9.04. The first-order chi connectivity index (χ1) is 10.3. The molecule has 0 unspecified atom stereocenters. The number of aryl methyl sites for hydroxylation is 1. The molecular weight excluding hydrogens is 262 g/mol. The van der Waals surface area contributed by atoms with Crippen molar-refractivity contribution >= 4 is 10.9 Å². The van der Waals surface area contributed by atoms with Crippen LogP contribution >= 0.6 is 0 Å². The van der Waals surface area contributed by atoms with Crippen LogP contribution in [0, 0.1) is 6.92 Å². The van der Waals surface area contributed by atoms with E-state index in [2.05, 4.69) is 21.4 Å². The quantitative estimate of drug-likeness (QED) is 0.794. The molecule has 4 heteroatoms. The molecule has 2 aromatic heterocycles. The van der Waals surface area contributed by atoms with Crippen LogP contribution in [0.3, 0.4) is 0 Å². The summed E-state index contributed by atoms with van der Waals surface area (Å²) in [5.41, 5.74) is 2.77. The highest BCUT2D eigenvalue weighted by molar-refractivity contribution is 5.84. The fraction of sp³-hybridized carbons (Fsp3) is 0.176. The van der Waals surface area contributed by atoms with Crippen molar-refractivity contribution in [3.63, 3.8) is 0 Å². The minimum Gasteiger partial charge on any atom is -0.437 e. The fourth-order valence-corrected chi connectivity index (χ4v) is 2.21. The number of benzene rings is 1. The Morgan fingerprint density at radius 3 is 2.71 bits per heavy atom. The lowest BCUT2D eigenvalue weighted by molar-refractivity contribution is 0.464. The van der Waals surface area contributed by atoms with E-state index in [1.807, 2.05) is 56.4 Å². The molecule has 0 amide bonds. The average molecular weight is 279 g/mol. The Balaban J connectivity index is 1.98. The van der Waals surface area contributed by atoms with Crippen molar-refractivity contribution in [3.05, 3.63) is 59.9 Å². The molecule has 1 aromatic carbocycles. The minimum absolute atomic E-state index is 0.582. The molecule has 0 aliphatic carbocycles. The maximum Gasteiger partial charge on any atom is 0.219 e. The third-order valence-electron chi connectivity index (χ3n) is 3.18. The van der Waals surface area contributed by atoms with E-state index in [-0.39, 0.29) is 0 Å². The van der Waals surface area contributed by atoms with Crippen LogP contribution in [0.4, 0.5) is 0 Å². The zero-order valence-electron chi connectivity index (χ0n) is 12.1. The normalized spacial score (nSPS) is 10.8. The Hall–Kier alpha value is -2.46. The summed E-state index contributed by atoms with van der Waals surface area (Å²) in [7, 11) is 1.90. The van der Waals surface area contributed by atoms with E-state index < -0.39 is 0 Å². The van der Waals surface area contributed by atoms with Gasteiger partial charge in [0.2, 0.25) is 5.88 Å². The van der Waals surface area contributed by atoms with Gasteiger partial charge >= 0.3 is 0 Å². The number of para-hydroxylation sites is 1. The molecule has 0 aliphatic rings. The van der Waals surface area contributed by atoms with E-state index in [4.69, 9.17) is 4.74 Å². The van der Waals surface area contributed by atoms with Crippen LogP contribution in [0.25, 0.3) is 10.9 Å². The molecule has 2 heterocycles. The molecule has 1 N–H and O–H groups in total. The SMILES string of the molecule is CNCc1cccc(Oc2cccc3ccc(C)nc23)n1. The Morgan fingerprint density at radius 1 is 1.00 bits per heavy atom. The topological polar surface area (TPSA) is 47.0 Å². The van der Waals surface area contributed by atoms with Gasteiger partial charge in [-0.3, -0.25) is 0 Å². The molecule has 3 rings (SSSR count). The van der Waals surface area contributed by atoms with E-state index in [1.54, 1.807) is 0 Å². The zero-order valence-corrected chi connectivity index (χ0v) is 12.1. The van der Waals surface area contributed by atoms with Gasteiger partial charge in [0.15, 0.2) is 5.75 Å². The minimum atomic E-state index is 0.582. The third kappa shape index (κ3) is 3.01. The lowest BCUT2D eigenvalue weighted by atomic mass is 10.2. The molecule has 3 aromatic rings. The summed E-state index contributed by atoms with van der Waals surface area (Å²) in [5, 5.41) is 4.14. The lowest BCUT2D eigenvalue weighted by Crippen LogP contribution is -2.06. The molecule has 0 atom stereocenters. The maximum absolute atomic E-state index is 5.93. The summed E-state index contributed by atoms with van der Waals surface area (Å²) in [6.07, 6.45) is 0. The molecule has 0 spiro atoms. The van der Waals surface area contributed by atoms with Gasteiger partial charge in [0, 0.05) is 23.7 Å². The molecular formula is C17H17N3O. The highest BCUT2D eigenvalue weighted by Gasteiger charge is 2.06. The van der Waals surface area contributed by atoms with Gasteiger partial charge in [0.25, 0.3) is 0 Å². The molecule has 106 valence electrons. The Morgan fingerprint density at radius 2 is 1.86 bits per heavy atom. The maximum atomic E-state index is 5.93. The number of pyridine rings is 2. The van der Waals surface area contributed by atoms with Gasteiger partial charge in [-0.2, -0.15) is 0 Å². The van der Waals surface area contributed by atoms with Crippen LogP contribution in [0.1, 0.15) is 11.4 Å². The van der Waals surface area contributed by atoms with Crippen molar-refractivity contribution < 1.29 is 4.74 Å². The predicted molar refractivity (Wildman–Crippen MR) is 83.6 cm³/mol. The number of aromatic nitrogens is 2. The highest BCUT2D eigenvalue weighted by Crippen LogP contribution is 2.27. The number of nitrogens with zero attached hydrogens (tertiary/aromatic N) is 2. The standard InChI is InChI=1S/C17H17N3O/c1-12-9-10-13-5-3-7-15(17(13)19-12)21-16-8-4-6-14(20-16)11-18-2/h3-10,18H,11H2,1-2H3. The van der Waals surface area contributed by atoms with Gasteiger partial charge in [-0.05, 0) is 32.2 Å². The highest BCUT2D eigenvalue weighted by atomic mass is 16.5. The molecule has 0 saturated heterocycles. The average Bonchev–Trinajstić information content (AvgIpc) is 2.49. The summed E-state index contributed by atoms with van der Waals surface area (Å²) in [6.45, 7) is 2.69. The van der Waals surface area contributed by atoms with Crippen LogP contribution in [0.5, 0.6) is 11.6 Å².